The fraction of sp³-hybridized carbons (Fsp3) is 0.267. The first kappa shape index (κ1) is 16.3. The number of nitrogens with one attached hydrogen (secondary N) is 2. The molecule has 0 radical (unpaired) electrons. The van der Waals surface area contributed by atoms with E-state index in [0.717, 1.165) is 6.07 Å². The van der Waals surface area contributed by atoms with Gasteiger partial charge in [0.25, 0.3) is 0 Å². The molecular formula is C15H16ClFN2O3. The van der Waals surface area contributed by atoms with Crippen LogP contribution in [-0.2, 0) is 0 Å². The van der Waals surface area contributed by atoms with Crippen LogP contribution in [0.15, 0.2) is 41.0 Å². The van der Waals surface area contributed by atoms with Crippen molar-refractivity contribution in [2.75, 3.05) is 6.54 Å². The summed E-state index contributed by atoms with van der Waals surface area (Å²) < 4.78 is 18.5. The maximum Gasteiger partial charge on any atom is 0.315 e. The van der Waals surface area contributed by atoms with E-state index < -0.39 is 18.0 Å². The van der Waals surface area contributed by atoms with Crippen LogP contribution in [0.25, 0.3) is 0 Å². The second-order valence-electron chi connectivity index (χ2n) is 4.78. The first-order valence-corrected chi connectivity index (χ1v) is 7.06. The smallest absolute Gasteiger partial charge is 0.315 e. The standard InChI is InChI=1S/C15H16ClFN2O3/c1-9(14-3-2-6-22-14)19-15(21)18-8-13(20)10-4-5-11(16)12(17)7-10/h2-7,9,13,20H,8H2,1H3,(H2,18,19,21). The molecule has 0 aliphatic rings. The number of amides is 2. The molecule has 2 amide bonds. The van der Waals surface area contributed by atoms with Gasteiger partial charge in [0.1, 0.15) is 11.6 Å². The zero-order chi connectivity index (χ0) is 16.1. The molecular weight excluding hydrogens is 311 g/mol. The van der Waals surface area contributed by atoms with Crippen LogP contribution in [0, 0.1) is 5.82 Å². The topological polar surface area (TPSA) is 74.5 Å². The quantitative estimate of drug-likeness (QED) is 0.790. The van der Waals surface area contributed by atoms with Crippen molar-refractivity contribution >= 4 is 17.6 Å². The van der Waals surface area contributed by atoms with Crippen LogP contribution < -0.4 is 10.6 Å². The molecule has 1 heterocycles. The summed E-state index contributed by atoms with van der Waals surface area (Å²) in [4.78, 5) is 11.7. The first-order chi connectivity index (χ1) is 10.5. The van der Waals surface area contributed by atoms with E-state index in [2.05, 4.69) is 10.6 Å². The Kier molecular flexibility index (Phi) is 5.41. The van der Waals surface area contributed by atoms with Crippen LogP contribution in [0.3, 0.4) is 0 Å². The van der Waals surface area contributed by atoms with Gasteiger partial charge in [-0.15, -0.1) is 0 Å². The van der Waals surface area contributed by atoms with Crippen LogP contribution in [0.5, 0.6) is 0 Å². The third kappa shape index (κ3) is 4.22. The molecule has 0 aliphatic heterocycles. The van der Waals surface area contributed by atoms with Crippen molar-refractivity contribution < 1.29 is 18.7 Å². The normalized spacial score (nSPS) is 13.5. The number of aliphatic hydroxyl groups is 1. The summed E-state index contributed by atoms with van der Waals surface area (Å²) in [7, 11) is 0. The second kappa shape index (κ2) is 7.29. The van der Waals surface area contributed by atoms with Crippen molar-refractivity contribution in [3.05, 3.63) is 58.8 Å². The van der Waals surface area contributed by atoms with Gasteiger partial charge < -0.3 is 20.2 Å². The van der Waals surface area contributed by atoms with E-state index in [1.165, 1.54) is 18.4 Å². The molecule has 2 unspecified atom stereocenters. The highest BCUT2D eigenvalue weighted by Crippen LogP contribution is 2.20. The third-order valence-electron chi connectivity index (χ3n) is 3.10. The Morgan fingerprint density at radius 2 is 2.23 bits per heavy atom. The number of hydrogen-bond acceptors (Lipinski definition) is 3. The van der Waals surface area contributed by atoms with E-state index in [9.17, 15) is 14.3 Å². The molecule has 0 saturated carbocycles. The lowest BCUT2D eigenvalue weighted by atomic mass is 10.1. The molecule has 5 nitrogen and oxygen atoms in total. The summed E-state index contributed by atoms with van der Waals surface area (Å²) in [5, 5.41) is 15.1. The molecule has 7 heteroatoms. The van der Waals surface area contributed by atoms with Gasteiger partial charge in [-0.3, -0.25) is 0 Å². The molecule has 2 rings (SSSR count). The van der Waals surface area contributed by atoms with Gasteiger partial charge >= 0.3 is 6.03 Å². The van der Waals surface area contributed by atoms with E-state index in [-0.39, 0.29) is 17.6 Å². The molecule has 3 N–H and O–H groups in total. The molecule has 2 atom stereocenters. The molecule has 1 aromatic heterocycles. The number of carbonyl (C=O) groups excluding carboxylic acids is 1. The van der Waals surface area contributed by atoms with Crippen molar-refractivity contribution in [3.63, 3.8) is 0 Å². The minimum absolute atomic E-state index is 0.0195. The molecule has 0 spiro atoms. The lowest BCUT2D eigenvalue weighted by molar-refractivity contribution is 0.172. The van der Waals surface area contributed by atoms with Crippen LogP contribution in [0.4, 0.5) is 9.18 Å². The maximum absolute atomic E-state index is 13.3. The second-order valence-corrected chi connectivity index (χ2v) is 5.19. The Balaban J connectivity index is 1.83. The lowest BCUT2D eigenvalue weighted by Crippen LogP contribution is -2.39. The Bertz CT molecular complexity index is 634. The molecule has 0 bridgehead atoms. The summed E-state index contributed by atoms with van der Waals surface area (Å²) in [6, 6.07) is 6.70. The Labute approximate surface area is 132 Å². The van der Waals surface area contributed by atoms with Crippen molar-refractivity contribution in [2.24, 2.45) is 0 Å². The number of benzene rings is 1. The van der Waals surface area contributed by atoms with Crippen LogP contribution in [0.1, 0.15) is 30.4 Å². The van der Waals surface area contributed by atoms with E-state index in [0.29, 0.717) is 11.3 Å². The average Bonchev–Trinajstić information content (AvgIpc) is 3.02. The monoisotopic (exact) mass is 326 g/mol. The number of aliphatic hydroxyl groups excluding tert-OH is 1. The van der Waals surface area contributed by atoms with E-state index in [1.54, 1.807) is 19.1 Å². The molecule has 2 aromatic rings. The zero-order valence-corrected chi connectivity index (χ0v) is 12.6. The number of halogens is 2. The Morgan fingerprint density at radius 3 is 2.86 bits per heavy atom. The predicted octanol–water partition coefficient (Wildman–Crippen LogP) is 3.17. The summed E-state index contributed by atoms with van der Waals surface area (Å²) in [6.07, 6.45) is 0.487. The molecule has 1 aromatic carbocycles. The van der Waals surface area contributed by atoms with Crippen molar-refractivity contribution in [1.82, 2.24) is 10.6 Å². The van der Waals surface area contributed by atoms with Crippen LogP contribution >= 0.6 is 11.6 Å². The van der Waals surface area contributed by atoms with Crippen molar-refractivity contribution in [1.29, 1.82) is 0 Å². The predicted molar refractivity (Wildman–Crippen MR) is 80.0 cm³/mol. The molecule has 0 saturated heterocycles. The number of carbonyl (C=O) groups is 1. The number of rotatable bonds is 5. The SMILES string of the molecule is CC(NC(=O)NCC(O)c1ccc(Cl)c(F)c1)c1ccco1. The highest BCUT2D eigenvalue weighted by atomic mass is 35.5. The van der Waals surface area contributed by atoms with Gasteiger partial charge in [0.15, 0.2) is 0 Å². The molecule has 118 valence electrons. The van der Waals surface area contributed by atoms with Crippen molar-refractivity contribution in [3.8, 4) is 0 Å². The van der Waals surface area contributed by atoms with Crippen LogP contribution in [-0.4, -0.2) is 17.7 Å². The van der Waals surface area contributed by atoms with Gasteiger partial charge in [-0.1, -0.05) is 17.7 Å². The summed E-state index contributed by atoms with van der Waals surface area (Å²) in [6.45, 7) is 1.71. The fourth-order valence-electron chi connectivity index (χ4n) is 1.88. The van der Waals surface area contributed by atoms with E-state index in [4.69, 9.17) is 16.0 Å². The van der Waals surface area contributed by atoms with Crippen LogP contribution in [0.2, 0.25) is 5.02 Å². The van der Waals surface area contributed by atoms with Gasteiger partial charge in [0.05, 0.1) is 23.4 Å². The fourth-order valence-corrected chi connectivity index (χ4v) is 2.00. The minimum atomic E-state index is -1.03. The molecule has 22 heavy (non-hydrogen) atoms. The van der Waals surface area contributed by atoms with Crippen molar-refractivity contribution in [2.45, 2.75) is 19.1 Å². The first-order valence-electron chi connectivity index (χ1n) is 6.68. The van der Waals surface area contributed by atoms with Gasteiger partial charge in [-0.25, -0.2) is 9.18 Å². The average molecular weight is 327 g/mol. The molecule has 0 fully saturated rings. The molecule has 0 aliphatic carbocycles. The van der Waals surface area contributed by atoms with E-state index >= 15 is 0 Å². The summed E-state index contributed by atoms with van der Waals surface area (Å²) >= 11 is 5.57. The summed E-state index contributed by atoms with van der Waals surface area (Å²) in [5.74, 6) is 0.00424. The highest BCUT2D eigenvalue weighted by molar-refractivity contribution is 6.30. The largest absolute Gasteiger partial charge is 0.467 e. The van der Waals surface area contributed by atoms with Gasteiger partial charge in [-0.05, 0) is 36.8 Å². The zero-order valence-electron chi connectivity index (χ0n) is 11.8. The lowest BCUT2D eigenvalue weighted by Gasteiger charge is -2.15. The van der Waals surface area contributed by atoms with Gasteiger partial charge in [-0.2, -0.15) is 0 Å². The summed E-state index contributed by atoms with van der Waals surface area (Å²) in [5.41, 5.74) is 0.335. The highest BCUT2D eigenvalue weighted by Gasteiger charge is 2.14. The van der Waals surface area contributed by atoms with Gasteiger partial charge in [0, 0.05) is 6.54 Å². The number of urea groups is 1. The third-order valence-corrected chi connectivity index (χ3v) is 3.41. The number of furan rings is 1. The number of hydrogen-bond donors (Lipinski definition) is 3. The van der Waals surface area contributed by atoms with E-state index in [1.807, 2.05) is 0 Å². The Morgan fingerprint density at radius 1 is 1.45 bits per heavy atom. The minimum Gasteiger partial charge on any atom is -0.467 e. The maximum atomic E-state index is 13.3. The van der Waals surface area contributed by atoms with Gasteiger partial charge in [0.2, 0.25) is 0 Å². The Hall–Kier alpha value is -2.05.